The van der Waals surface area contributed by atoms with Gasteiger partial charge in [-0.2, -0.15) is 0 Å². The normalized spacial score (nSPS) is 16.2. The fourth-order valence-electron chi connectivity index (χ4n) is 4.02. The summed E-state index contributed by atoms with van der Waals surface area (Å²) in [5, 5.41) is 4.44. The maximum atomic E-state index is 13.5. The van der Waals surface area contributed by atoms with Gasteiger partial charge in [0, 0.05) is 12.7 Å². The molecular weight excluding hydrogens is 456 g/mol. The molecule has 2 unspecified atom stereocenters. The predicted octanol–water partition coefficient (Wildman–Crippen LogP) is 4.06. The molecular formula is C25H31ClN4O4. The summed E-state index contributed by atoms with van der Waals surface area (Å²) in [6.07, 6.45) is 5.74. The molecule has 0 spiro atoms. The number of amides is 3. The quantitative estimate of drug-likeness (QED) is 0.361. The molecule has 0 radical (unpaired) electrons. The van der Waals surface area contributed by atoms with Crippen LogP contribution < -0.4 is 5.32 Å². The zero-order valence-electron chi connectivity index (χ0n) is 19.4. The number of aromatic nitrogens is 1. The van der Waals surface area contributed by atoms with Gasteiger partial charge >= 0.3 is 0 Å². The van der Waals surface area contributed by atoms with E-state index in [0.29, 0.717) is 36.6 Å². The van der Waals surface area contributed by atoms with E-state index in [4.69, 9.17) is 16.4 Å². The third-order valence-electron chi connectivity index (χ3n) is 5.83. The number of benzene rings is 1. The van der Waals surface area contributed by atoms with Crippen molar-refractivity contribution in [3.63, 3.8) is 0 Å². The first kappa shape index (κ1) is 25.6. The maximum absolute atomic E-state index is 13.5. The van der Waals surface area contributed by atoms with Crippen molar-refractivity contribution in [3.05, 3.63) is 59.2 Å². The lowest BCUT2D eigenvalue weighted by Crippen LogP contribution is -2.47. The Kier molecular flexibility index (Phi) is 9.85. The molecule has 9 heteroatoms. The minimum atomic E-state index is -0.580. The molecule has 2 atom stereocenters. The number of unbranched alkanes of at least 4 members (excludes halogenated alkanes) is 1. The highest BCUT2D eigenvalue weighted by Gasteiger charge is 2.37. The van der Waals surface area contributed by atoms with E-state index in [-0.39, 0.29) is 25.0 Å². The number of nitrogens with zero attached hydrogens (tertiary/aromatic N) is 3. The summed E-state index contributed by atoms with van der Waals surface area (Å²) in [5.74, 6) is -0.478. The third-order valence-corrected chi connectivity index (χ3v) is 6.05. The first-order valence-corrected chi connectivity index (χ1v) is 12.0. The van der Waals surface area contributed by atoms with Crippen molar-refractivity contribution in [1.29, 1.82) is 0 Å². The Morgan fingerprint density at radius 3 is 2.76 bits per heavy atom. The average Bonchev–Trinajstić information content (AvgIpc) is 3.35. The summed E-state index contributed by atoms with van der Waals surface area (Å²) in [6.45, 7) is 2.92. The van der Waals surface area contributed by atoms with Crippen LogP contribution in [0.3, 0.4) is 0 Å². The minimum Gasteiger partial charge on any atom is -0.330 e. The summed E-state index contributed by atoms with van der Waals surface area (Å²) >= 11 is 5.86. The van der Waals surface area contributed by atoms with E-state index in [1.165, 1.54) is 11.3 Å². The standard InChI is InChI=1S/C25H31ClN4O4/c1-2-3-10-20(16-29(18-31)34-17-19-8-5-4-6-9-19)25(33)30-14-7-11-22(30)24(32)28-23-13-12-21(26)15-27-23/h4-6,8-9,12-13,15,18,20,22H,2-3,7,10-11,14,16-17H2,1H3,(H,27,28,32). The topological polar surface area (TPSA) is 91.8 Å². The van der Waals surface area contributed by atoms with Gasteiger partial charge in [-0.05, 0) is 37.0 Å². The monoisotopic (exact) mass is 486 g/mol. The van der Waals surface area contributed by atoms with Crippen molar-refractivity contribution in [2.24, 2.45) is 5.92 Å². The number of nitrogens with one attached hydrogen (secondary N) is 1. The van der Waals surface area contributed by atoms with Crippen LogP contribution in [0, 0.1) is 5.92 Å². The molecule has 8 nitrogen and oxygen atoms in total. The van der Waals surface area contributed by atoms with Crippen molar-refractivity contribution >= 4 is 35.6 Å². The van der Waals surface area contributed by atoms with Crippen LogP contribution in [0.4, 0.5) is 5.82 Å². The van der Waals surface area contributed by atoms with E-state index < -0.39 is 12.0 Å². The van der Waals surface area contributed by atoms with Gasteiger partial charge in [-0.15, -0.1) is 0 Å². The third kappa shape index (κ3) is 7.27. The lowest BCUT2D eigenvalue weighted by atomic mass is 9.99. The SMILES string of the molecule is CCCCC(CN(C=O)OCc1ccccc1)C(=O)N1CCCC1C(=O)Nc1ccc(Cl)cn1. The van der Waals surface area contributed by atoms with Gasteiger partial charge in [0.2, 0.25) is 18.2 Å². The van der Waals surface area contributed by atoms with E-state index >= 15 is 0 Å². The number of anilines is 1. The Morgan fingerprint density at radius 2 is 2.09 bits per heavy atom. The van der Waals surface area contributed by atoms with E-state index in [2.05, 4.69) is 17.2 Å². The van der Waals surface area contributed by atoms with Gasteiger partial charge in [-0.1, -0.05) is 61.7 Å². The number of carbonyl (C=O) groups is 3. The van der Waals surface area contributed by atoms with E-state index in [0.717, 1.165) is 24.8 Å². The minimum absolute atomic E-state index is 0.134. The van der Waals surface area contributed by atoms with E-state index in [9.17, 15) is 14.4 Å². The molecule has 182 valence electrons. The van der Waals surface area contributed by atoms with Crippen LogP contribution in [0.5, 0.6) is 0 Å². The molecule has 0 bridgehead atoms. The van der Waals surface area contributed by atoms with Gasteiger partial charge in [0.1, 0.15) is 18.5 Å². The lowest BCUT2D eigenvalue weighted by molar-refractivity contribution is -0.183. The second kappa shape index (κ2) is 13.1. The highest BCUT2D eigenvalue weighted by atomic mass is 35.5. The second-order valence-corrected chi connectivity index (χ2v) is 8.78. The molecule has 0 aliphatic carbocycles. The number of likely N-dealkylation sites (tertiary alicyclic amines) is 1. The number of carbonyl (C=O) groups excluding carboxylic acids is 3. The molecule has 1 aromatic carbocycles. The maximum Gasteiger partial charge on any atom is 0.248 e. The number of pyridine rings is 1. The molecule has 1 aliphatic heterocycles. The molecule has 3 amide bonds. The van der Waals surface area contributed by atoms with Crippen molar-refractivity contribution in [3.8, 4) is 0 Å². The Morgan fingerprint density at radius 1 is 1.29 bits per heavy atom. The average molecular weight is 487 g/mol. The highest BCUT2D eigenvalue weighted by molar-refractivity contribution is 6.30. The summed E-state index contributed by atoms with van der Waals surface area (Å²) in [5.41, 5.74) is 0.929. The van der Waals surface area contributed by atoms with Gasteiger partial charge in [0.15, 0.2) is 0 Å². The molecule has 34 heavy (non-hydrogen) atoms. The van der Waals surface area contributed by atoms with Crippen molar-refractivity contribution < 1.29 is 19.2 Å². The number of rotatable bonds is 12. The second-order valence-electron chi connectivity index (χ2n) is 8.34. The van der Waals surface area contributed by atoms with Crippen LogP contribution >= 0.6 is 11.6 Å². The number of halogens is 1. The molecule has 1 aliphatic rings. The predicted molar refractivity (Wildman–Crippen MR) is 130 cm³/mol. The van der Waals surface area contributed by atoms with Crippen LogP contribution in [0.15, 0.2) is 48.7 Å². The van der Waals surface area contributed by atoms with E-state index in [1.54, 1.807) is 17.0 Å². The molecule has 3 rings (SSSR count). The number of hydrogen-bond acceptors (Lipinski definition) is 5. The highest BCUT2D eigenvalue weighted by Crippen LogP contribution is 2.24. The van der Waals surface area contributed by atoms with Gasteiger partial charge in [0.25, 0.3) is 0 Å². The zero-order valence-corrected chi connectivity index (χ0v) is 20.1. The smallest absolute Gasteiger partial charge is 0.248 e. The van der Waals surface area contributed by atoms with Crippen LogP contribution in [0.1, 0.15) is 44.6 Å². The fraction of sp³-hybridized carbons (Fsp3) is 0.440. The Labute approximate surface area is 205 Å². The van der Waals surface area contributed by atoms with Gasteiger partial charge < -0.3 is 10.2 Å². The Hall–Kier alpha value is -2.97. The van der Waals surface area contributed by atoms with Crippen LogP contribution in [-0.2, 0) is 25.8 Å². The zero-order chi connectivity index (χ0) is 24.3. The van der Waals surface area contributed by atoms with Gasteiger partial charge in [-0.25, -0.2) is 10.0 Å². The lowest BCUT2D eigenvalue weighted by Gasteiger charge is -2.30. The van der Waals surface area contributed by atoms with Crippen molar-refractivity contribution in [1.82, 2.24) is 14.9 Å². The molecule has 2 aromatic rings. The summed E-state index contributed by atoms with van der Waals surface area (Å²) < 4.78 is 0. The Balaban J connectivity index is 1.65. The van der Waals surface area contributed by atoms with Crippen molar-refractivity contribution in [2.45, 2.75) is 51.7 Å². The number of hydroxylamine groups is 2. The first-order chi connectivity index (χ1) is 16.5. The molecule has 1 N–H and O–H groups in total. The Bertz CT molecular complexity index is 942. The summed E-state index contributed by atoms with van der Waals surface area (Å²) in [6, 6.07) is 12.2. The van der Waals surface area contributed by atoms with Crippen LogP contribution in [0.25, 0.3) is 0 Å². The molecule has 1 fully saturated rings. The summed E-state index contributed by atoms with van der Waals surface area (Å²) in [4.78, 5) is 49.5. The number of hydrogen-bond donors (Lipinski definition) is 1. The van der Waals surface area contributed by atoms with Crippen LogP contribution in [0.2, 0.25) is 5.02 Å². The van der Waals surface area contributed by atoms with Crippen LogP contribution in [-0.4, -0.2) is 52.3 Å². The summed E-state index contributed by atoms with van der Waals surface area (Å²) in [7, 11) is 0. The fourth-order valence-corrected chi connectivity index (χ4v) is 4.13. The van der Waals surface area contributed by atoms with Gasteiger partial charge in [0.05, 0.1) is 17.5 Å². The largest absolute Gasteiger partial charge is 0.330 e. The molecule has 1 saturated heterocycles. The van der Waals surface area contributed by atoms with Gasteiger partial charge in [-0.3, -0.25) is 19.2 Å². The first-order valence-electron chi connectivity index (χ1n) is 11.6. The van der Waals surface area contributed by atoms with Crippen molar-refractivity contribution in [2.75, 3.05) is 18.4 Å². The molecule has 1 aromatic heterocycles. The van der Waals surface area contributed by atoms with E-state index in [1.807, 2.05) is 30.3 Å². The molecule has 2 heterocycles. The molecule has 0 saturated carbocycles.